The molecule has 0 aromatic carbocycles. The van der Waals surface area contributed by atoms with Gasteiger partial charge in [-0.25, -0.2) is 4.79 Å². The van der Waals surface area contributed by atoms with Crippen LogP contribution in [0.2, 0.25) is 0 Å². The maximum absolute atomic E-state index is 11.8. The summed E-state index contributed by atoms with van der Waals surface area (Å²) in [5.74, 6) is -0.359. The third-order valence-corrected chi connectivity index (χ3v) is 2.99. The lowest BCUT2D eigenvalue weighted by Crippen LogP contribution is -2.49. The predicted octanol–water partition coefficient (Wildman–Crippen LogP) is 1.29. The number of carbonyl (C=O) groups excluding carboxylic acids is 1. The van der Waals surface area contributed by atoms with Gasteiger partial charge in [0.1, 0.15) is 0 Å². The van der Waals surface area contributed by atoms with Crippen LogP contribution in [-0.2, 0) is 4.79 Å². The van der Waals surface area contributed by atoms with Crippen molar-refractivity contribution in [3.05, 3.63) is 0 Å². The summed E-state index contributed by atoms with van der Waals surface area (Å²) in [6, 6.07) is 0.112. The second-order valence-corrected chi connectivity index (χ2v) is 4.56. The fourth-order valence-electron chi connectivity index (χ4n) is 1.95. The third kappa shape index (κ3) is 3.72. The second kappa shape index (κ2) is 5.72. The Labute approximate surface area is 95.8 Å². The Morgan fingerprint density at radius 1 is 1.38 bits per heavy atom. The van der Waals surface area contributed by atoms with Crippen LogP contribution >= 0.6 is 0 Å². The summed E-state index contributed by atoms with van der Waals surface area (Å²) in [4.78, 5) is 23.9. The van der Waals surface area contributed by atoms with Crippen molar-refractivity contribution in [2.45, 2.75) is 39.2 Å². The first kappa shape index (κ1) is 12.8. The van der Waals surface area contributed by atoms with Gasteiger partial charge < -0.3 is 15.3 Å². The van der Waals surface area contributed by atoms with Gasteiger partial charge in [0, 0.05) is 19.1 Å². The maximum Gasteiger partial charge on any atom is 0.317 e. The normalized spacial score (nSPS) is 25.2. The van der Waals surface area contributed by atoms with Gasteiger partial charge in [0.2, 0.25) is 0 Å². The number of nitrogens with zero attached hydrogens (tertiary/aromatic N) is 1. The van der Waals surface area contributed by atoms with E-state index >= 15 is 0 Å². The molecule has 2 N–H and O–H groups in total. The van der Waals surface area contributed by atoms with Gasteiger partial charge in [-0.15, -0.1) is 0 Å². The number of piperidine rings is 1. The average Bonchev–Trinajstić information content (AvgIpc) is 2.21. The lowest BCUT2D eigenvalue weighted by molar-refractivity contribution is -0.136. The summed E-state index contributed by atoms with van der Waals surface area (Å²) in [6.45, 7) is 5.12. The van der Waals surface area contributed by atoms with Gasteiger partial charge in [0.15, 0.2) is 0 Å². The van der Waals surface area contributed by atoms with Crippen LogP contribution in [-0.4, -0.2) is 41.1 Å². The Balaban J connectivity index is 2.36. The summed E-state index contributed by atoms with van der Waals surface area (Å²) in [6.07, 6.45) is 2.15. The second-order valence-electron chi connectivity index (χ2n) is 4.56. The van der Waals surface area contributed by atoms with E-state index in [2.05, 4.69) is 12.2 Å². The minimum absolute atomic E-state index is 0.0243. The smallest absolute Gasteiger partial charge is 0.317 e. The molecular formula is C11H20N2O3. The Morgan fingerprint density at radius 2 is 2.06 bits per heavy atom. The Kier molecular flexibility index (Phi) is 4.58. The molecule has 1 rings (SSSR count). The number of urea groups is 1. The van der Waals surface area contributed by atoms with Crippen LogP contribution in [0, 0.1) is 5.92 Å². The first-order chi connectivity index (χ1) is 7.50. The zero-order valence-electron chi connectivity index (χ0n) is 9.90. The molecule has 1 fully saturated rings. The molecule has 5 nitrogen and oxygen atoms in total. The molecule has 16 heavy (non-hydrogen) atoms. The summed E-state index contributed by atoms with van der Waals surface area (Å²) >= 11 is 0. The number of hydrogen-bond donors (Lipinski definition) is 2. The number of carboxylic acid groups (broad SMARTS) is 1. The van der Waals surface area contributed by atoms with E-state index in [0.29, 0.717) is 5.92 Å². The lowest BCUT2D eigenvalue weighted by atomic mass is 9.95. The number of aliphatic carboxylic acids is 1. The van der Waals surface area contributed by atoms with Gasteiger partial charge in [-0.2, -0.15) is 0 Å². The van der Waals surface area contributed by atoms with Crippen LogP contribution in [0.25, 0.3) is 0 Å². The maximum atomic E-state index is 11.8. The van der Waals surface area contributed by atoms with E-state index in [1.54, 1.807) is 4.90 Å². The van der Waals surface area contributed by atoms with Crippen LogP contribution in [0.3, 0.4) is 0 Å². The Morgan fingerprint density at radius 3 is 2.69 bits per heavy atom. The number of hydrogen-bond acceptors (Lipinski definition) is 2. The van der Waals surface area contributed by atoms with Crippen molar-refractivity contribution in [1.82, 2.24) is 10.2 Å². The van der Waals surface area contributed by atoms with E-state index in [9.17, 15) is 9.59 Å². The first-order valence-corrected chi connectivity index (χ1v) is 5.77. The molecule has 1 heterocycles. The van der Waals surface area contributed by atoms with E-state index in [0.717, 1.165) is 19.4 Å². The molecule has 0 spiro atoms. The van der Waals surface area contributed by atoms with Crippen molar-refractivity contribution in [2.75, 3.05) is 13.1 Å². The summed E-state index contributed by atoms with van der Waals surface area (Å²) < 4.78 is 0. The highest BCUT2D eigenvalue weighted by molar-refractivity contribution is 5.75. The predicted molar refractivity (Wildman–Crippen MR) is 60.2 cm³/mol. The van der Waals surface area contributed by atoms with Crippen molar-refractivity contribution < 1.29 is 14.7 Å². The van der Waals surface area contributed by atoms with Crippen molar-refractivity contribution >= 4 is 12.0 Å². The Hall–Kier alpha value is -1.26. The topological polar surface area (TPSA) is 69.6 Å². The molecule has 0 radical (unpaired) electrons. The number of amides is 2. The molecule has 0 aromatic rings. The van der Waals surface area contributed by atoms with Gasteiger partial charge in [0.25, 0.3) is 0 Å². The van der Waals surface area contributed by atoms with Crippen molar-refractivity contribution in [1.29, 1.82) is 0 Å². The van der Waals surface area contributed by atoms with E-state index in [1.807, 2.05) is 6.92 Å². The number of likely N-dealkylation sites (tertiary alicyclic amines) is 1. The summed E-state index contributed by atoms with van der Waals surface area (Å²) in [5, 5.41) is 11.1. The van der Waals surface area contributed by atoms with Crippen LogP contribution in [0.1, 0.15) is 33.1 Å². The molecule has 5 heteroatoms. The Bertz CT molecular complexity index is 268. The molecule has 0 saturated carbocycles. The largest absolute Gasteiger partial charge is 0.481 e. The van der Waals surface area contributed by atoms with E-state index in [1.165, 1.54) is 0 Å². The number of rotatable bonds is 3. The zero-order valence-corrected chi connectivity index (χ0v) is 9.90. The lowest BCUT2D eigenvalue weighted by Gasteiger charge is -2.36. The number of carbonyl (C=O) groups is 2. The highest BCUT2D eigenvalue weighted by Gasteiger charge is 2.26. The quantitative estimate of drug-likeness (QED) is 0.764. The van der Waals surface area contributed by atoms with Crippen molar-refractivity contribution in [2.24, 2.45) is 5.92 Å². The highest BCUT2D eigenvalue weighted by Crippen LogP contribution is 2.20. The van der Waals surface area contributed by atoms with Crippen LogP contribution < -0.4 is 5.32 Å². The van der Waals surface area contributed by atoms with Crippen LogP contribution in [0.15, 0.2) is 0 Å². The third-order valence-electron chi connectivity index (χ3n) is 2.99. The van der Waals surface area contributed by atoms with E-state index in [-0.39, 0.29) is 25.0 Å². The summed E-state index contributed by atoms with van der Waals surface area (Å²) in [7, 11) is 0. The van der Waals surface area contributed by atoms with Gasteiger partial charge >= 0.3 is 12.0 Å². The first-order valence-electron chi connectivity index (χ1n) is 5.77. The molecule has 2 atom stereocenters. The van der Waals surface area contributed by atoms with Gasteiger partial charge in [-0.3, -0.25) is 4.79 Å². The molecule has 0 aromatic heterocycles. The fraction of sp³-hybridized carbons (Fsp3) is 0.818. The van der Waals surface area contributed by atoms with Crippen LogP contribution in [0.4, 0.5) is 4.79 Å². The minimum atomic E-state index is -0.889. The number of carboxylic acids is 1. The summed E-state index contributed by atoms with van der Waals surface area (Å²) in [5.41, 5.74) is 0. The fourth-order valence-corrected chi connectivity index (χ4v) is 1.95. The monoisotopic (exact) mass is 228 g/mol. The zero-order chi connectivity index (χ0) is 12.1. The molecule has 2 unspecified atom stereocenters. The molecule has 92 valence electrons. The van der Waals surface area contributed by atoms with E-state index in [4.69, 9.17) is 5.11 Å². The standard InChI is InChI=1S/C11H20N2O3/c1-8-3-4-9(2)13(7-8)11(16)12-6-5-10(14)15/h8-9H,3-7H2,1-2H3,(H,12,16)(H,14,15). The molecular weight excluding hydrogens is 208 g/mol. The molecule has 1 aliphatic rings. The SMILES string of the molecule is CC1CCC(C)N(C(=O)NCCC(=O)O)C1. The molecule has 0 aliphatic carbocycles. The van der Waals surface area contributed by atoms with E-state index < -0.39 is 5.97 Å². The molecule has 0 bridgehead atoms. The van der Waals surface area contributed by atoms with Gasteiger partial charge in [-0.1, -0.05) is 6.92 Å². The molecule has 1 saturated heterocycles. The molecule has 1 aliphatic heterocycles. The highest BCUT2D eigenvalue weighted by atomic mass is 16.4. The van der Waals surface area contributed by atoms with Gasteiger partial charge in [-0.05, 0) is 25.7 Å². The van der Waals surface area contributed by atoms with Crippen molar-refractivity contribution in [3.8, 4) is 0 Å². The average molecular weight is 228 g/mol. The molecule has 2 amide bonds. The van der Waals surface area contributed by atoms with Gasteiger partial charge in [0.05, 0.1) is 6.42 Å². The number of nitrogens with one attached hydrogen (secondary N) is 1. The minimum Gasteiger partial charge on any atom is -0.481 e. The van der Waals surface area contributed by atoms with Crippen LogP contribution in [0.5, 0.6) is 0 Å². The van der Waals surface area contributed by atoms with Crippen molar-refractivity contribution in [3.63, 3.8) is 0 Å².